The van der Waals surface area contributed by atoms with E-state index in [1.165, 1.54) is 15.0 Å². The molecular formula is C21H29NOSSi. The molecule has 0 N–H and O–H groups in total. The Bertz CT molecular complexity index is 723. The van der Waals surface area contributed by atoms with Crippen LogP contribution in [0.1, 0.15) is 20.8 Å². The van der Waals surface area contributed by atoms with Crippen LogP contribution in [-0.4, -0.2) is 26.6 Å². The number of hydrogen-bond donors (Lipinski definition) is 0. The van der Waals surface area contributed by atoms with Crippen molar-refractivity contribution in [3.05, 3.63) is 52.6 Å². The molecule has 3 rings (SSSR count). The minimum atomic E-state index is -1.45. The van der Waals surface area contributed by atoms with E-state index >= 15 is 0 Å². The highest BCUT2D eigenvalue weighted by Crippen LogP contribution is 2.44. The first-order chi connectivity index (χ1) is 11.7. The van der Waals surface area contributed by atoms with E-state index in [4.69, 9.17) is 9.73 Å². The molecule has 0 saturated heterocycles. The average Bonchev–Trinajstić information content (AvgIpc) is 3.13. The highest BCUT2D eigenvalue weighted by Gasteiger charge is 2.40. The minimum Gasteiger partial charge on any atom is -0.478 e. The fourth-order valence-electron chi connectivity index (χ4n) is 3.17. The maximum absolute atomic E-state index is 6.15. The lowest BCUT2D eigenvalue weighted by Gasteiger charge is -2.27. The Labute approximate surface area is 157 Å². The van der Waals surface area contributed by atoms with Crippen molar-refractivity contribution >= 4 is 25.7 Å². The van der Waals surface area contributed by atoms with Crippen LogP contribution < -0.4 is 0 Å². The van der Waals surface area contributed by atoms with E-state index in [1.807, 2.05) is 11.8 Å². The van der Waals surface area contributed by atoms with Gasteiger partial charge in [-0.3, -0.25) is 0 Å². The van der Waals surface area contributed by atoms with Gasteiger partial charge in [0.2, 0.25) is 0 Å². The van der Waals surface area contributed by atoms with Crippen LogP contribution in [0, 0.1) is 11.3 Å². The van der Waals surface area contributed by atoms with E-state index < -0.39 is 8.07 Å². The fraction of sp³-hybridized carbons (Fsp3) is 0.476. The molecule has 1 aliphatic heterocycles. The molecular weight excluding hydrogens is 342 g/mol. The molecule has 0 bridgehead atoms. The van der Waals surface area contributed by atoms with E-state index in [2.05, 4.69) is 82.9 Å². The lowest BCUT2D eigenvalue weighted by atomic mass is 9.88. The van der Waals surface area contributed by atoms with E-state index in [-0.39, 0.29) is 17.4 Å². The lowest BCUT2D eigenvalue weighted by molar-refractivity contribution is 0.232. The maximum Gasteiger partial charge on any atom is 0.195 e. The second-order valence-corrected chi connectivity index (χ2v) is 15.2. The zero-order valence-corrected chi connectivity index (χ0v) is 18.0. The molecule has 1 aliphatic carbocycles. The van der Waals surface area contributed by atoms with Crippen molar-refractivity contribution in [2.75, 3.05) is 6.61 Å². The molecule has 1 unspecified atom stereocenters. The van der Waals surface area contributed by atoms with Gasteiger partial charge in [-0.15, -0.1) is 0 Å². The number of benzene rings is 1. The quantitative estimate of drug-likeness (QED) is 0.611. The monoisotopic (exact) mass is 371 g/mol. The molecule has 1 aromatic carbocycles. The molecule has 1 heterocycles. The number of thioether (sulfide) groups is 1. The van der Waals surface area contributed by atoms with Crippen molar-refractivity contribution in [3.63, 3.8) is 0 Å². The van der Waals surface area contributed by atoms with Gasteiger partial charge in [-0.2, -0.15) is 0 Å². The summed E-state index contributed by atoms with van der Waals surface area (Å²) in [6, 6.07) is 10.8. The van der Waals surface area contributed by atoms with Gasteiger partial charge in [0.1, 0.15) is 6.61 Å². The summed E-state index contributed by atoms with van der Waals surface area (Å²) in [7, 11) is -1.45. The summed E-state index contributed by atoms with van der Waals surface area (Å²) in [4.78, 5) is 7.64. The zero-order chi connectivity index (χ0) is 18.2. The molecule has 2 atom stereocenters. The van der Waals surface area contributed by atoms with Crippen LogP contribution in [0.4, 0.5) is 0 Å². The van der Waals surface area contributed by atoms with E-state index in [0.717, 1.165) is 5.90 Å². The molecule has 0 radical (unpaired) electrons. The van der Waals surface area contributed by atoms with Gasteiger partial charge in [0, 0.05) is 9.80 Å². The Kier molecular flexibility index (Phi) is 5.04. The molecule has 0 saturated carbocycles. The number of allylic oxidation sites excluding steroid dienone is 2. The molecule has 0 aromatic heterocycles. The van der Waals surface area contributed by atoms with Gasteiger partial charge in [0.15, 0.2) is 5.90 Å². The molecule has 4 heteroatoms. The standard InChI is InChI=1S/C21H29NOSSi/c1-21(2,3)18-14-23-20(22-18)19-16(12-13-17(19)25(4,5)6)24-15-10-8-7-9-11-15/h7-13,18-19H,14H2,1-6H3/t18-,19?/m1/s1. The van der Waals surface area contributed by atoms with Crippen molar-refractivity contribution in [3.8, 4) is 0 Å². The molecule has 0 fully saturated rings. The molecule has 134 valence electrons. The van der Waals surface area contributed by atoms with Gasteiger partial charge in [0.25, 0.3) is 0 Å². The Morgan fingerprint density at radius 3 is 2.32 bits per heavy atom. The summed E-state index contributed by atoms with van der Waals surface area (Å²) < 4.78 is 6.15. The first-order valence-corrected chi connectivity index (χ1v) is 13.3. The van der Waals surface area contributed by atoms with Gasteiger partial charge in [0.05, 0.1) is 20.0 Å². The van der Waals surface area contributed by atoms with Gasteiger partial charge in [-0.1, -0.05) is 87.7 Å². The number of rotatable bonds is 4. The summed E-state index contributed by atoms with van der Waals surface area (Å²) in [5, 5.41) is 1.53. The third-order valence-electron chi connectivity index (χ3n) is 4.79. The first kappa shape index (κ1) is 18.5. The van der Waals surface area contributed by atoms with Crippen LogP contribution in [0.25, 0.3) is 0 Å². The van der Waals surface area contributed by atoms with Crippen molar-refractivity contribution in [1.82, 2.24) is 0 Å². The van der Waals surface area contributed by atoms with Crippen molar-refractivity contribution in [2.24, 2.45) is 16.3 Å². The SMILES string of the molecule is CC(C)(C)[C@H]1COC(C2C(Sc3ccccc3)=CC=C2[Si](C)(C)C)=N1. The second-order valence-electron chi connectivity index (χ2n) is 8.95. The highest BCUT2D eigenvalue weighted by atomic mass is 32.2. The van der Waals surface area contributed by atoms with Crippen molar-refractivity contribution in [1.29, 1.82) is 0 Å². The largest absolute Gasteiger partial charge is 0.478 e. The average molecular weight is 372 g/mol. The van der Waals surface area contributed by atoms with E-state index in [1.54, 1.807) is 0 Å². The van der Waals surface area contributed by atoms with Crippen LogP contribution in [0.5, 0.6) is 0 Å². The number of ether oxygens (including phenoxy) is 1. The molecule has 25 heavy (non-hydrogen) atoms. The summed E-state index contributed by atoms with van der Waals surface area (Å²) in [6.45, 7) is 14.7. The van der Waals surface area contributed by atoms with Crippen molar-refractivity contribution in [2.45, 2.75) is 51.3 Å². The van der Waals surface area contributed by atoms with Gasteiger partial charge in [-0.05, 0) is 17.5 Å². The predicted molar refractivity (Wildman–Crippen MR) is 112 cm³/mol. The molecule has 2 nitrogen and oxygen atoms in total. The number of nitrogens with zero attached hydrogens (tertiary/aromatic N) is 1. The van der Waals surface area contributed by atoms with Crippen molar-refractivity contribution < 1.29 is 4.74 Å². The van der Waals surface area contributed by atoms with Crippen LogP contribution in [0.2, 0.25) is 19.6 Å². The Morgan fingerprint density at radius 1 is 1.08 bits per heavy atom. The number of hydrogen-bond acceptors (Lipinski definition) is 3. The second kappa shape index (κ2) is 6.80. The molecule has 0 amide bonds. The third kappa shape index (κ3) is 4.12. The summed E-state index contributed by atoms with van der Waals surface area (Å²) in [5.41, 5.74) is 0.139. The topological polar surface area (TPSA) is 21.6 Å². The third-order valence-corrected chi connectivity index (χ3v) is 8.09. The van der Waals surface area contributed by atoms with Crippen LogP contribution in [0.15, 0.2) is 62.5 Å². The summed E-state index contributed by atoms with van der Waals surface area (Å²) in [6.07, 6.45) is 4.62. The lowest BCUT2D eigenvalue weighted by Crippen LogP contribution is -2.32. The van der Waals surface area contributed by atoms with Crippen LogP contribution in [-0.2, 0) is 4.74 Å². The smallest absolute Gasteiger partial charge is 0.195 e. The van der Waals surface area contributed by atoms with E-state index in [0.29, 0.717) is 6.61 Å². The summed E-state index contributed by atoms with van der Waals surface area (Å²) >= 11 is 1.85. The Morgan fingerprint density at radius 2 is 1.76 bits per heavy atom. The Balaban J connectivity index is 1.90. The first-order valence-electron chi connectivity index (χ1n) is 9.02. The molecule has 2 aliphatic rings. The van der Waals surface area contributed by atoms with Gasteiger partial charge >= 0.3 is 0 Å². The zero-order valence-electron chi connectivity index (χ0n) is 16.2. The Hall–Kier alpha value is -1.26. The number of aliphatic imine (C=N–C) groups is 1. The van der Waals surface area contributed by atoms with Crippen LogP contribution in [0.3, 0.4) is 0 Å². The van der Waals surface area contributed by atoms with Gasteiger partial charge < -0.3 is 4.74 Å². The molecule has 0 spiro atoms. The molecule has 1 aromatic rings. The summed E-state index contributed by atoms with van der Waals surface area (Å²) in [5.74, 6) is 1.14. The predicted octanol–water partition coefficient (Wildman–Crippen LogP) is 5.94. The van der Waals surface area contributed by atoms with Gasteiger partial charge in [-0.25, -0.2) is 4.99 Å². The maximum atomic E-state index is 6.15. The minimum absolute atomic E-state index is 0.139. The highest BCUT2D eigenvalue weighted by molar-refractivity contribution is 8.03. The fourth-order valence-corrected chi connectivity index (χ4v) is 6.05. The van der Waals surface area contributed by atoms with E-state index in [9.17, 15) is 0 Å². The normalized spacial score (nSPS) is 23.8. The van der Waals surface area contributed by atoms with Crippen LogP contribution >= 0.6 is 11.8 Å².